The first-order valence-corrected chi connectivity index (χ1v) is 10.7. The van der Waals surface area contributed by atoms with Crippen molar-refractivity contribution in [1.82, 2.24) is 4.90 Å². The monoisotopic (exact) mass is 366 g/mol. The molecule has 0 aliphatic carbocycles. The normalized spacial score (nSPS) is 26.5. The zero-order valence-electron chi connectivity index (χ0n) is 15.4. The van der Waals surface area contributed by atoms with Gasteiger partial charge in [0.2, 0.25) is 0 Å². The highest BCUT2D eigenvalue weighted by atomic mass is 32.2. The standard InChI is InChI=1S/C22H26N2OS/c1-2-24-18-5-3-4-6-20(18)26-21-13-17(7-8-19(21)24)15-25-22-14-16-9-11-23(22)12-10-16/h3-8,13,16,22H,2,9-12,14-15H2,1H3. The molecule has 1 unspecified atom stereocenters. The van der Waals surface area contributed by atoms with Crippen molar-refractivity contribution in [1.29, 1.82) is 0 Å². The minimum Gasteiger partial charge on any atom is -0.358 e. The molecular weight excluding hydrogens is 340 g/mol. The van der Waals surface area contributed by atoms with Crippen LogP contribution in [0, 0.1) is 5.92 Å². The Balaban J connectivity index is 1.34. The molecule has 0 spiro atoms. The summed E-state index contributed by atoms with van der Waals surface area (Å²) in [4.78, 5) is 7.63. The van der Waals surface area contributed by atoms with Crippen LogP contribution in [0.2, 0.25) is 0 Å². The van der Waals surface area contributed by atoms with Crippen LogP contribution in [0.5, 0.6) is 0 Å². The van der Waals surface area contributed by atoms with E-state index in [0.29, 0.717) is 6.23 Å². The summed E-state index contributed by atoms with van der Waals surface area (Å²) < 4.78 is 6.32. The van der Waals surface area contributed by atoms with Crippen LogP contribution in [0.4, 0.5) is 11.4 Å². The van der Waals surface area contributed by atoms with Crippen molar-refractivity contribution < 1.29 is 4.74 Å². The molecule has 1 atom stereocenters. The van der Waals surface area contributed by atoms with Gasteiger partial charge in [-0.15, -0.1) is 0 Å². The Bertz CT molecular complexity index is 800. The van der Waals surface area contributed by atoms with Crippen LogP contribution in [0.25, 0.3) is 0 Å². The van der Waals surface area contributed by atoms with Crippen LogP contribution >= 0.6 is 11.8 Å². The fourth-order valence-electron chi connectivity index (χ4n) is 4.59. The van der Waals surface area contributed by atoms with Crippen LogP contribution in [-0.2, 0) is 11.3 Å². The van der Waals surface area contributed by atoms with Gasteiger partial charge in [0, 0.05) is 29.4 Å². The third-order valence-electron chi connectivity index (χ3n) is 6.04. The maximum Gasteiger partial charge on any atom is 0.111 e. The first-order valence-electron chi connectivity index (χ1n) is 9.85. The molecule has 136 valence electrons. The van der Waals surface area contributed by atoms with Crippen molar-refractivity contribution in [3.63, 3.8) is 0 Å². The van der Waals surface area contributed by atoms with E-state index in [1.807, 2.05) is 11.8 Å². The van der Waals surface area contributed by atoms with Crippen molar-refractivity contribution in [3.05, 3.63) is 48.0 Å². The van der Waals surface area contributed by atoms with Gasteiger partial charge in [-0.1, -0.05) is 30.0 Å². The predicted octanol–water partition coefficient (Wildman–Crippen LogP) is 5.27. The second kappa shape index (κ2) is 6.91. The average Bonchev–Trinajstić information content (AvgIpc) is 2.71. The van der Waals surface area contributed by atoms with E-state index < -0.39 is 0 Å². The third-order valence-corrected chi connectivity index (χ3v) is 7.15. The molecule has 4 heterocycles. The van der Waals surface area contributed by atoms with Gasteiger partial charge in [0.1, 0.15) is 6.23 Å². The second-order valence-corrected chi connectivity index (χ2v) is 8.68. The number of benzene rings is 2. The first kappa shape index (κ1) is 16.7. The van der Waals surface area contributed by atoms with E-state index >= 15 is 0 Å². The lowest BCUT2D eigenvalue weighted by Gasteiger charge is -2.44. The minimum atomic E-state index is 0.332. The number of para-hydroxylation sites is 1. The number of hydrogen-bond donors (Lipinski definition) is 0. The summed E-state index contributed by atoms with van der Waals surface area (Å²) in [6.45, 7) is 6.36. The predicted molar refractivity (Wildman–Crippen MR) is 107 cm³/mol. The lowest BCUT2D eigenvalue weighted by atomic mass is 9.87. The molecule has 3 nitrogen and oxygen atoms in total. The molecule has 0 N–H and O–H groups in total. The Morgan fingerprint density at radius 3 is 2.62 bits per heavy atom. The van der Waals surface area contributed by atoms with Gasteiger partial charge in [-0.3, -0.25) is 4.90 Å². The maximum atomic E-state index is 6.32. The molecule has 2 aromatic carbocycles. The summed E-state index contributed by atoms with van der Waals surface area (Å²) in [6, 6.07) is 15.5. The van der Waals surface area contributed by atoms with Gasteiger partial charge in [-0.25, -0.2) is 0 Å². The second-order valence-electron chi connectivity index (χ2n) is 7.60. The molecular formula is C22H26N2OS. The molecule has 0 aromatic heterocycles. The van der Waals surface area contributed by atoms with E-state index in [0.717, 1.165) is 19.1 Å². The van der Waals surface area contributed by atoms with Gasteiger partial charge in [-0.05, 0) is 61.9 Å². The molecule has 2 bridgehead atoms. The van der Waals surface area contributed by atoms with Crippen LogP contribution in [0.3, 0.4) is 0 Å². The Kier molecular flexibility index (Phi) is 4.43. The molecule has 2 aromatic rings. The van der Waals surface area contributed by atoms with Crippen molar-refractivity contribution in [3.8, 4) is 0 Å². The lowest BCUT2D eigenvalue weighted by Crippen LogP contribution is -2.49. The molecule has 6 rings (SSSR count). The van der Waals surface area contributed by atoms with Crippen molar-refractivity contribution in [2.75, 3.05) is 24.5 Å². The SMILES string of the molecule is CCN1c2ccccc2Sc2cc(COC3CC4CCN3CC4)ccc21. The largest absolute Gasteiger partial charge is 0.358 e. The summed E-state index contributed by atoms with van der Waals surface area (Å²) in [5.41, 5.74) is 3.93. The van der Waals surface area contributed by atoms with E-state index in [4.69, 9.17) is 4.74 Å². The van der Waals surface area contributed by atoms with Crippen molar-refractivity contribution in [2.45, 2.75) is 48.8 Å². The number of hydrogen-bond acceptors (Lipinski definition) is 4. The molecule has 4 heteroatoms. The summed E-state index contributed by atoms with van der Waals surface area (Å²) in [5, 5.41) is 0. The Morgan fingerprint density at radius 1 is 1.04 bits per heavy atom. The molecule has 26 heavy (non-hydrogen) atoms. The number of fused-ring (bicyclic) bond motifs is 5. The Hall–Kier alpha value is -1.49. The van der Waals surface area contributed by atoms with Gasteiger partial charge >= 0.3 is 0 Å². The van der Waals surface area contributed by atoms with Crippen molar-refractivity contribution in [2.24, 2.45) is 5.92 Å². The molecule has 0 radical (unpaired) electrons. The summed E-state index contributed by atoms with van der Waals surface area (Å²) in [7, 11) is 0. The maximum absolute atomic E-state index is 6.32. The van der Waals surface area contributed by atoms with Gasteiger partial charge < -0.3 is 9.64 Å². The third kappa shape index (κ3) is 2.94. The molecule has 0 saturated carbocycles. The molecule has 0 amide bonds. The fourth-order valence-corrected chi connectivity index (χ4v) is 5.74. The number of piperidine rings is 3. The topological polar surface area (TPSA) is 15.7 Å². The lowest BCUT2D eigenvalue weighted by molar-refractivity contribution is -0.126. The quantitative estimate of drug-likeness (QED) is 0.732. The number of ether oxygens (including phenoxy) is 1. The van der Waals surface area contributed by atoms with Crippen molar-refractivity contribution >= 4 is 23.1 Å². The van der Waals surface area contributed by atoms with Crippen LogP contribution in [-0.4, -0.2) is 30.8 Å². The fraction of sp³-hybridized carbons (Fsp3) is 0.455. The highest BCUT2D eigenvalue weighted by molar-refractivity contribution is 7.99. The van der Waals surface area contributed by atoms with E-state index in [9.17, 15) is 0 Å². The number of nitrogens with zero attached hydrogens (tertiary/aromatic N) is 2. The smallest absolute Gasteiger partial charge is 0.111 e. The van der Waals surface area contributed by atoms with E-state index in [2.05, 4.69) is 59.2 Å². The first-order chi connectivity index (χ1) is 12.8. The van der Waals surface area contributed by atoms with Gasteiger partial charge in [0.05, 0.1) is 18.0 Å². The van der Waals surface area contributed by atoms with Gasteiger partial charge in [-0.2, -0.15) is 0 Å². The molecule has 3 saturated heterocycles. The van der Waals surface area contributed by atoms with E-state index in [1.54, 1.807) is 0 Å². The highest BCUT2D eigenvalue weighted by Crippen LogP contribution is 2.48. The Labute approximate surface area is 160 Å². The summed E-state index contributed by atoms with van der Waals surface area (Å²) >= 11 is 1.88. The number of rotatable bonds is 4. The summed E-state index contributed by atoms with van der Waals surface area (Å²) in [6.07, 6.45) is 4.28. The minimum absolute atomic E-state index is 0.332. The van der Waals surface area contributed by atoms with Gasteiger partial charge in [0.25, 0.3) is 0 Å². The zero-order valence-corrected chi connectivity index (χ0v) is 16.2. The van der Waals surface area contributed by atoms with Crippen LogP contribution in [0.1, 0.15) is 31.7 Å². The van der Waals surface area contributed by atoms with Crippen LogP contribution in [0.15, 0.2) is 52.3 Å². The average molecular weight is 367 g/mol. The van der Waals surface area contributed by atoms with Gasteiger partial charge in [0.15, 0.2) is 0 Å². The van der Waals surface area contributed by atoms with E-state index in [-0.39, 0.29) is 0 Å². The van der Waals surface area contributed by atoms with E-state index in [1.165, 1.54) is 59.1 Å². The zero-order chi connectivity index (χ0) is 17.5. The van der Waals surface area contributed by atoms with Crippen LogP contribution < -0.4 is 4.90 Å². The molecule has 3 fully saturated rings. The molecule has 4 aliphatic rings. The summed E-state index contributed by atoms with van der Waals surface area (Å²) in [5.74, 6) is 0.888. The number of anilines is 2. The highest BCUT2D eigenvalue weighted by Gasteiger charge is 2.34. The molecule has 4 aliphatic heterocycles. The Morgan fingerprint density at radius 2 is 1.85 bits per heavy atom.